The molecule has 4 aromatic rings. The van der Waals surface area contributed by atoms with Gasteiger partial charge in [-0.05, 0) is 67.8 Å². The molecule has 10 nitrogen and oxygen atoms in total. The highest BCUT2D eigenvalue weighted by atomic mass is 32.1. The zero-order valence-electron chi connectivity index (χ0n) is 22.2. The average Bonchev–Trinajstić information content (AvgIpc) is 3.40. The zero-order valence-corrected chi connectivity index (χ0v) is 23.0. The van der Waals surface area contributed by atoms with Gasteiger partial charge in [0.1, 0.15) is 27.4 Å². The van der Waals surface area contributed by atoms with E-state index in [9.17, 15) is 19.1 Å². The van der Waals surface area contributed by atoms with E-state index in [0.29, 0.717) is 53.1 Å². The molecule has 12 heteroatoms. The Morgan fingerprint density at radius 2 is 1.75 bits per heavy atom. The molecule has 0 atom stereocenters. The first kappa shape index (κ1) is 26.5. The Balaban J connectivity index is 1.10. The number of benzene rings is 1. The molecule has 1 aromatic carbocycles. The largest absolute Gasteiger partial charge is 0.388 e. The van der Waals surface area contributed by atoms with Crippen LogP contribution in [0.5, 0.6) is 0 Å². The molecule has 0 aliphatic carbocycles. The number of hydrogen-bond acceptors (Lipinski definition) is 9. The Kier molecular flexibility index (Phi) is 7.07. The van der Waals surface area contributed by atoms with Crippen LogP contribution in [0.4, 0.5) is 10.1 Å². The summed E-state index contributed by atoms with van der Waals surface area (Å²) >= 11 is 1.04. The molecule has 0 unspecified atom stereocenters. The molecule has 2 saturated heterocycles. The van der Waals surface area contributed by atoms with Gasteiger partial charge in [0.05, 0.1) is 30.4 Å². The molecule has 0 saturated carbocycles. The number of rotatable bonds is 5. The topological polar surface area (TPSA) is 108 Å². The molecule has 1 N–H and O–H groups in total. The Bertz CT molecular complexity index is 1570. The third-order valence-corrected chi connectivity index (χ3v) is 8.67. The van der Waals surface area contributed by atoms with Crippen LogP contribution in [-0.2, 0) is 6.54 Å². The number of carbonyl (C=O) groups is 1. The number of likely N-dealkylation sites (tertiary alicyclic amines) is 1. The van der Waals surface area contributed by atoms with Gasteiger partial charge >= 0.3 is 0 Å². The summed E-state index contributed by atoms with van der Waals surface area (Å²) in [6.45, 7) is 4.63. The van der Waals surface area contributed by atoms with Crippen LogP contribution in [0.25, 0.3) is 21.5 Å². The molecule has 2 aliphatic rings. The van der Waals surface area contributed by atoms with Crippen molar-refractivity contribution in [3.05, 3.63) is 70.8 Å². The molecule has 6 rings (SSSR count). The van der Waals surface area contributed by atoms with Crippen molar-refractivity contribution in [1.82, 2.24) is 28.7 Å². The number of aliphatic hydroxyl groups is 1. The lowest BCUT2D eigenvalue weighted by Crippen LogP contribution is -2.49. The fourth-order valence-corrected chi connectivity index (χ4v) is 6.10. The van der Waals surface area contributed by atoms with Gasteiger partial charge in [-0.2, -0.15) is 4.37 Å². The standard InChI is InChI=1S/C28H30FN7O3S/c1-33-12-14-34(15-13-33)21-6-7-22(30-16-21)26(37)35-10-8-28(39,9-11-35)17-36-18-31-24-23(32-40-25(24)27(36)38)19-2-4-20(29)5-3-19/h2-7,16,18,39H,8-15,17H2,1H3. The first-order valence-electron chi connectivity index (χ1n) is 13.3. The van der Waals surface area contributed by atoms with Gasteiger partial charge in [-0.25, -0.2) is 14.4 Å². The molecule has 5 heterocycles. The molecule has 2 aliphatic heterocycles. The number of piperidine rings is 1. The Morgan fingerprint density at radius 1 is 1.02 bits per heavy atom. The summed E-state index contributed by atoms with van der Waals surface area (Å²) in [6.07, 6.45) is 3.83. The van der Waals surface area contributed by atoms with Gasteiger partial charge in [-0.15, -0.1) is 0 Å². The van der Waals surface area contributed by atoms with E-state index >= 15 is 0 Å². The Labute approximate surface area is 234 Å². The summed E-state index contributed by atoms with van der Waals surface area (Å²) in [6, 6.07) is 9.61. The third kappa shape index (κ3) is 5.21. The summed E-state index contributed by atoms with van der Waals surface area (Å²) in [5.41, 5.74) is 1.62. The average molecular weight is 564 g/mol. The molecular weight excluding hydrogens is 533 g/mol. The zero-order chi connectivity index (χ0) is 27.9. The summed E-state index contributed by atoms with van der Waals surface area (Å²) in [5.74, 6) is -0.514. The van der Waals surface area contributed by atoms with Crippen LogP contribution in [0, 0.1) is 5.82 Å². The van der Waals surface area contributed by atoms with Crippen LogP contribution in [0.15, 0.2) is 53.7 Å². The number of hydrogen-bond donors (Lipinski definition) is 1. The van der Waals surface area contributed by atoms with Crippen LogP contribution in [0.3, 0.4) is 0 Å². The second kappa shape index (κ2) is 10.7. The molecule has 40 heavy (non-hydrogen) atoms. The number of carbonyl (C=O) groups excluding carboxylic acids is 1. The van der Waals surface area contributed by atoms with Crippen molar-refractivity contribution in [3.63, 3.8) is 0 Å². The van der Waals surface area contributed by atoms with E-state index in [1.165, 1.54) is 23.0 Å². The van der Waals surface area contributed by atoms with Crippen molar-refractivity contribution in [2.24, 2.45) is 0 Å². The van der Waals surface area contributed by atoms with Crippen molar-refractivity contribution in [1.29, 1.82) is 0 Å². The fourth-order valence-electron chi connectivity index (χ4n) is 5.29. The molecule has 1 amide bonds. The third-order valence-electron chi connectivity index (χ3n) is 7.85. The number of likely N-dealkylation sites (N-methyl/N-ethyl adjacent to an activating group) is 1. The molecule has 208 valence electrons. The SMILES string of the molecule is CN1CCN(c2ccc(C(=O)N3CCC(O)(Cn4cnc5c(-c6ccc(F)cc6)nsc5c4=O)CC3)nc2)CC1. The van der Waals surface area contributed by atoms with E-state index in [0.717, 1.165) is 43.4 Å². The monoisotopic (exact) mass is 563 g/mol. The number of amides is 1. The van der Waals surface area contributed by atoms with Gasteiger partial charge in [0, 0.05) is 44.8 Å². The second-order valence-corrected chi connectivity index (χ2v) is 11.4. The van der Waals surface area contributed by atoms with Crippen molar-refractivity contribution < 1.29 is 14.3 Å². The van der Waals surface area contributed by atoms with Crippen molar-refractivity contribution in [3.8, 4) is 11.3 Å². The highest BCUT2D eigenvalue weighted by Gasteiger charge is 2.35. The minimum atomic E-state index is -1.15. The van der Waals surface area contributed by atoms with Crippen LogP contribution in [-0.4, -0.2) is 91.6 Å². The Morgan fingerprint density at radius 3 is 2.42 bits per heavy atom. The number of anilines is 1. The van der Waals surface area contributed by atoms with Crippen molar-refractivity contribution in [2.75, 3.05) is 51.2 Å². The highest BCUT2D eigenvalue weighted by molar-refractivity contribution is 7.13. The molecule has 0 radical (unpaired) electrons. The second-order valence-electron chi connectivity index (χ2n) is 10.6. The molecular formula is C28H30FN7O3S. The summed E-state index contributed by atoms with van der Waals surface area (Å²) in [5, 5.41) is 11.3. The highest BCUT2D eigenvalue weighted by Crippen LogP contribution is 2.29. The fraction of sp³-hybridized carbons (Fsp3) is 0.393. The lowest BCUT2D eigenvalue weighted by molar-refractivity contribution is -0.0300. The molecule has 3 aromatic heterocycles. The summed E-state index contributed by atoms with van der Waals surface area (Å²) in [7, 11) is 2.11. The van der Waals surface area contributed by atoms with Crippen LogP contribution >= 0.6 is 11.5 Å². The quantitative estimate of drug-likeness (QED) is 0.395. The normalized spacial score (nSPS) is 17.9. The number of pyridine rings is 1. The van der Waals surface area contributed by atoms with E-state index in [4.69, 9.17) is 0 Å². The van der Waals surface area contributed by atoms with Crippen LogP contribution < -0.4 is 10.5 Å². The number of nitrogens with zero attached hydrogens (tertiary/aromatic N) is 7. The molecule has 0 bridgehead atoms. The molecule has 2 fully saturated rings. The van der Waals surface area contributed by atoms with E-state index in [-0.39, 0.29) is 23.8 Å². The lowest BCUT2D eigenvalue weighted by Gasteiger charge is -2.38. The van der Waals surface area contributed by atoms with Gasteiger partial charge < -0.3 is 19.8 Å². The van der Waals surface area contributed by atoms with Gasteiger partial charge in [0.15, 0.2) is 0 Å². The van der Waals surface area contributed by atoms with E-state index in [1.54, 1.807) is 29.3 Å². The van der Waals surface area contributed by atoms with E-state index in [1.807, 2.05) is 6.07 Å². The van der Waals surface area contributed by atoms with Gasteiger partial charge in [0.2, 0.25) is 0 Å². The smallest absolute Gasteiger partial charge is 0.273 e. The minimum Gasteiger partial charge on any atom is -0.388 e. The first-order valence-corrected chi connectivity index (χ1v) is 14.1. The van der Waals surface area contributed by atoms with Crippen LogP contribution in [0.2, 0.25) is 0 Å². The molecule has 0 spiro atoms. The van der Waals surface area contributed by atoms with Crippen LogP contribution in [0.1, 0.15) is 23.3 Å². The minimum absolute atomic E-state index is 0.0680. The maximum Gasteiger partial charge on any atom is 0.273 e. The number of piperazine rings is 1. The first-order chi connectivity index (χ1) is 19.3. The summed E-state index contributed by atoms with van der Waals surface area (Å²) in [4.78, 5) is 41.5. The maximum absolute atomic E-state index is 13.3. The van der Waals surface area contributed by atoms with Gasteiger partial charge in [-0.1, -0.05) is 0 Å². The van der Waals surface area contributed by atoms with Crippen molar-refractivity contribution in [2.45, 2.75) is 25.0 Å². The van der Waals surface area contributed by atoms with Gasteiger partial charge in [0.25, 0.3) is 11.5 Å². The van der Waals surface area contributed by atoms with E-state index in [2.05, 4.69) is 31.2 Å². The number of aromatic nitrogens is 4. The van der Waals surface area contributed by atoms with Crippen molar-refractivity contribution >= 4 is 33.3 Å². The predicted octanol–water partition coefficient (Wildman–Crippen LogP) is 2.47. The summed E-state index contributed by atoms with van der Waals surface area (Å²) < 4.78 is 19.5. The predicted molar refractivity (Wildman–Crippen MR) is 151 cm³/mol. The number of fused-ring (bicyclic) bond motifs is 1. The lowest BCUT2D eigenvalue weighted by atomic mass is 9.91. The van der Waals surface area contributed by atoms with Gasteiger partial charge in [-0.3, -0.25) is 14.2 Å². The maximum atomic E-state index is 13.3. The Hall–Kier alpha value is -3.74. The van der Waals surface area contributed by atoms with E-state index < -0.39 is 5.60 Å². The number of halogens is 1.